The number of nitrogens with zero attached hydrogens (tertiary/aromatic N) is 3. The fourth-order valence-corrected chi connectivity index (χ4v) is 5.44. The Morgan fingerprint density at radius 2 is 1.72 bits per heavy atom. The van der Waals surface area contributed by atoms with Crippen LogP contribution in [0.15, 0.2) is 42.6 Å². The maximum Gasteiger partial charge on any atom is 0.325 e. The van der Waals surface area contributed by atoms with Gasteiger partial charge in [-0.3, -0.25) is 19.5 Å². The number of aryl methyl sites for hydroxylation is 1. The normalized spacial score (nSPS) is 24.1. The van der Waals surface area contributed by atoms with Crippen molar-refractivity contribution >= 4 is 17.8 Å². The Hall–Kier alpha value is -3.22. The average Bonchev–Trinajstić information content (AvgIpc) is 3.32. The van der Waals surface area contributed by atoms with E-state index in [0.717, 1.165) is 5.69 Å². The van der Waals surface area contributed by atoms with E-state index in [4.69, 9.17) is 0 Å². The fraction of sp³-hybridized carbons (Fsp3) is 0.440. The molecule has 1 aromatic heterocycles. The van der Waals surface area contributed by atoms with Gasteiger partial charge in [0.05, 0.1) is 5.56 Å². The molecule has 7 nitrogen and oxygen atoms in total. The molecule has 0 spiro atoms. The summed E-state index contributed by atoms with van der Waals surface area (Å²) in [5.41, 5.74) is 2.95. The Morgan fingerprint density at radius 1 is 1.06 bits per heavy atom. The third-order valence-electron chi connectivity index (χ3n) is 7.40. The van der Waals surface area contributed by atoms with Crippen molar-refractivity contribution in [3.8, 4) is 0 Å². The summed E-state index contributed by atoms with van der Waals surface area (Å²) in [4.78, 5) is 46.7. The average molecular weight is 433 g/mol. The highest BCUT2D eigenvalue weighted by molar-refractivity contribution is 6.07. The third kappa shape index (κ3) is 3.36. The van der Waals surface area contributed by atoms with Gasteiger partial charge in [-0.15, -0.1) is 0 Å². The Labute approximate surface area is 187 Å². The maximum absolute atomic E-state index is 13.5. The third-order valence-corrected chi connectivity index (χ3v) is 7.40. The highest BCUT2D eigenvalue weighted by Gasteiger charge is 2.55. The molecule has 2 aliphatic heterocycles. The van der Waals surface area contributed by atoms with Crippen LogP contribution in [0.4, 0.5) is 4.79 Å². The number of fused-ring (bicyclic) bond motifs is 1. The number of rotatable bonds is 3. The van der Waals surface area contributed by atoms with Crippen LogP contribution < -0.4 is 5.32 Å². The molecule has 4 amide bonds. The van der Waals surface area contributed by atoms with Gasteiger partial charge in [0.2, 0.25) is 0 Å². The van der Waals surface area contributed by atoms with Crippen LogP contribution in [0.1, 0.15) is 46.9 Å². The number of likely N-dealkylation sites (tertiary alicyclic amines) is 1. The Bertz CT molecular complexity index is 1050. The number of amides is 4. The van der Waals surface area contributed by atoms with Crippen LogP contribution in [0.25, 0.3) is 0 Å². The molecule has 1 unspecified atom stereocenters. The maximum atomic E-state index is 13.5. The number of pyridine rings is 1. The second-order valence-corrected chi connectivity index (χ2v) is 9.39. The minimum atomic E-state index is -0.924. The first-order valence-electron chi connectivity index (χ1n) is 11.3. The van der Waals surface area contributed by atoms with Gasteiger partial charge in [-0.05, 0) is 68.7 Å². The van der Waals surface area contributed by atoms with Crippen LogP contribution in [0.5, 0.6) is 0 Å². The second kappa shape index (κ2) is 7.73. The molecule has 3 aliphatic rings. The van der Waals surface area contributed by atoms with Crippen molar-refractivity contribution in [1.82, 2.24) is 20.1 Å². The van der Waals surface area contributed by atoms with E-state index < -0.39 is 5.54 Å². The largest absolute Gasteiger partial charge is 0.339 e. The van der Waals surface area contributed by atoms with Gasteiger partial charge in [-0.25, -0.2) is 4.79 Å². The summed E-state index contributed by atoms with van der Waals surface area (Å²) >= 11 is 0. The van der Waals surface area contributed by atoms with Crippen molar-refractivity contribution in [1.29, 1.82) is 0 Å². The molecular formula is C25H28N4O3. The van der Waals surface area contributed by atoms with Crippen LogP contribution in [-0.2, 0) is 17.6 Å². The number of carbonyl (C=O) groups is 3. The molecule has 0 radical (unpaired) electrons. The molecule has 0 saturated carbocycles. The zero-order valence-electron chi connectivity index (χ0n) is 18.5. The van der Waals surface area contributed by atoms with Crippen LogP contribution in [0.2, 0.25) is 0 Å². The van der Waals surface area contributed by atoms with E-state index in [9.17, 15) is 14.4 Å². The lowest BCUT2D eigenvalue weighted by molar-refractivity contribution is -0.134. The number of hydrogen-bond acceptors (Lipinski definition) is 4. The number of urea groups is 1. The molecule has 0 bridgehead atoms. The molecule has 1 aromatic carbocycles. The summed E-state index contributed by atoms with van der Waals surface area (Å²) in [7, 11) is 0. The van der Waals surface area contributed by atoms with Crippen molar-refractivity contribution < 1.29 is 14.4 Å². The zero-order valence-corrected chi connectivity index (χ0v) is 18.5. The van der Waals surface area contributed by atoms with Crippen LogP contribution in [0.3, 0.4) is 0 Å². The van der Waals surface area contributed by atoms with Gasteiger partial charge >= 0.3 is 6.03 Å². The van der Waals surface area contributed by atoms with Gasteiger partial charge in [0, 0.05) is 31.0 Å². The highest BCUT2D eigenvalue weighted by Crippen LogP contribution is 2.36. The van der Waals surface area contributed by atoms with Gasteiger partial charge in [0.1, 0.15) is 5.54 Å². The smallest absolute Gasteiger partial charge is 0.325 e. The van der Waals surface area contributed by atoms with E-state index in [2.05, 4.69) is 22.4 Å². The molecule has 7 heteroatoms. The van der Waals surface area contributed by atoms with Crippen molar-refractivity contribution in [2.24, 2.45) is 5.92 Å². The molecule has 2 saturated heterocycles. The molecule has 5 rings (SSSR count). The van der Waals surface area contributed by atoms with Gasteiger partial charge < -0.3 is 10.2 Å². The topological polar surface area (TPSA) is 82.6 Å². The molecule has 32 heavy (non-hydrogen) atoms. The number of hydrogen-bond donors (Lipinski definition) is 1. The number of imide groups is 1. The molecule has 1 aliphatic carbocycles. The minimum absolute atomic E-state index is 0.00655. The highest BCUT2D eigenvalue weighted by atomic mass is 16.2. The Balaban J connectivity index is 1.26. The molecule has 1 N–H and O–H groups in total. The second-order valence-electron chi connectivity index (χ2n) is 9.39. The van der Waals surface area contributed by atoms with Crippen molar-refractivity contribution in [2.45, 2.75) is 51.1 Å². The van der Waals surface area contributed by atoms with Crippen molar-refractivity contribution in [3.05, 3.63) is 65.0 Å². The Kier molecular flexibility index (Phi) is 4.99. The molecule has 2 fully saturated rings. The summed E-state index contributed by atoms with van der Waals surface area (Å²) < 4.78 is 0. The predicted octanol–water partition coefficient (Wildman–Crippen LogP) is 2.72. The van der Waals surface area contributed by atoms with Crippen LogP contribution in [0, 0.1) is 12.8 Å². The number of nitrogens with one attached hydrogen (secondary N) is 1. The van der Waals surface area contributed by atoms with E-state index in [-0.39, 0.29) is 29.8 Å². The van der Waals surface area contributed by atoms with Gasteiger partial charge in [-0.2, -0.15) is 0 Å². The first-order chi connectivity index (χ1) is 15.4. The van der Waals surface area contributed by atoms with Crippen molar-refractivity contribution in [3.63, 3.8) is 0 Å². The Morgan fingerprint density at radius 3 is 2.31 bits per heavy atom. The van der Waals surface area contributed by atoms with Gasteiger partial charge in [0.25, 0.3) is 11.8 Å². The summed E-state index contributed by atoms with van der Waals surface area (Å²) in [6, 6.07) is 11.4. The van der Waals surface area contributed by atoms with Crippen LogP contribution >= 0.6 is 0 Å². The molecule has 166 valence electrons. The number of aromatic nitrogens is 1. The quantitative estimate of drug-likeness (QED) is 0.756. The first-order valence-corrected chi connectivity index (χ1v) is 11.3. The number of benzene rings is 1. The van der Waals surface area contributed by atoms with E-state index in [1.807, 2.05) is 36.9 Å². The lowest BCUT2D eigenvalue weighted by atomic mass is 9.78. The molecule has 2 aromatic rings. The van der Waals surface area contributed by atoms with E-state index in [0.29, 0.717) is 44.3 Å². The summed E-state index contributed by atoms with van der Waals surface area (Å²) in [6.07, 6.45) is 4.38. The predicted molar refractivity (Wildman–Crippen MR) is 119 cm³/mol. The fourth-order valence-electron chi connectivity index (χ4n) is 5.44. The van der Waals surface area contributed by atoms with Gasteiger partial charge in [0.15, 0.2) is 0 Å². The summed E-state index contributed by atoms with van der Waals surface area (Å²) in [5.74, 6) is -0.172. The summed E-state index contributed by atoms with van der Waals surface area (Å²) in [5, 5.41) is 3.01. The number of piperidine rings is 1. The zero-order chi connectivity index (χ0) is 22.5. The monoisotopic (exact) mass is 432 g/mol. The minimum Gasteiger partial charge on any atom is -0.339 e. The summed E-state index contributed by atoms with van der Waals surface area (Å²) in [6.45, 7) is 4.86. The van der Waals surface area contributed by atoms with Crippen LogP contribution in [-0.4, -0.2) is 57.3 Å². The van der Waals surface area contributed by atoms with Gasteiger partial charge in [-0.1, -0.05) is 24.3 Å². The standard InChI is InChI=1S/C25H28N4O3/c1-16-7-8-19(15-26-16)22(30)28-11-9-20(10-12-28)25(2)23(31)29(24(32)27-25)21-13-17-5-3-4-6-18(17)14-21/h3-8,15,20-21H,9-14H2,1-2H3,(H,27,32). The van der Waals surface area contributed by atoms with E-state index in [1.165, 1.54) is 16.0 Å². The lowest BCUT2D eigenvalue weighted by Crippen LogP contribution is -2.55. The van der Waals surface area contributed by atoms with E-state index >= 15 is 0 Å². The molecule has 1 atom stereocenters. The number of carbonyl (C=O) groups excluding carboxylic acids is 3. The molecule has 3 heterocycles. The SMILES string of the molecule is Cc1ccc(C(=O)N2CCC(C3(C)NC(=O)N(C4Cc5ccccc5C4)C3=O)CC2)cn1. The lowest BCUT2D eigenvalue weighted by Gasteiger charge is -2.39. The van der Waals surface area contributed by atoms with E-state index in [1.54, 1.807) is 12.3 Å². The molecular weight excluding hydrogens is 404 g/mol. The first kappa shape index (κ1) is 20.7. The van der Waals surface area contributed by atoms with Crippen molar-refractivity contribution in [2.75, 3.05) is 13.1 Å².